The van der Waals surface area contributed by atoms with Crippen molar-refractivity contribution in [3.63, 3.8) is 0 Å². The van der Waals surface area contributed by atoms with Gasteiger partial charge in [-0.15, -0.1) is 0 Å². The fourth-order valence-electron chi connectivity index (χ4n) is 3.47. The van der Waals surface area contributed by atoms with Crippen LogP contribution in [0.25, 0.3) is 0 Å². The Morgan fingerprint density at radius 1 is 1.16 bits per heavy atom. The molecule has 1 amide bonds. The number of likely N-dealkylation sites (tertiary alicyclic amines) is 1. The zero-order chi connectivity index (χ0) is 22.6. The molecule has 1 aliphatic rings. The van der Waals surface area contributed by atoms with E-state index in [4.69, 9.17) is 27.9 Å². The second kappa shape index (κ2) is 10.0. The Morgan fingerprint density at radius 2 is 1.87 bits per heavy atom. The maximum absolute atomic E-state index is 12.4. The summed E-state index contributed by atoms with van der Waals surface area (Å²) in [6, 6.07) is 11.7. The van der Waals surface area contributed by atoms with Gasteiger partial charge in [0, 0.05) is 24.0 Å². The van der Waals surface area contributed by atoms with Gasteiger partial charge in [0.2, 0.25) is 5.91 Å². The summed E-state index contributed by atoms with van der Waals surface area (Å²) in [7, 11) is -3.73. The van der Waals surface area contributed by atoms with E-state index in [2.05, 4.69) is 0 Å². The van der Waals surface area contributed by atoms with Gasteiger partial charge >= 0.3 is 5.97 Å². The van der Waals surface area contributed by atoms with E-state index < -0.39 is 21.6 Å². The lowest BCUT2D eigenvalue weighted by molar-refractivity contribution is -0.144. The topological polar surface area (TPSA) is 80.8 Å². The number of amides is 1. The van der Waals surface area contributed by atoms with Crippen molar-refractivity contribution >= 4 is 44.9 Å². The van der Waals surface area contributed by atoms with Crippen LogP contribution in [0.4, 0.5) is 0 Å². The summed E-state index contributed by atoms with van der Waals surface area (Å²) in [6.07, 6.45) is 0.977. The number of ether oxygens (including phenoxy) is 1. The lowest BCUT2D eigenvalue weighted by atomic mass is 10.1. The molecule has 0 radical (unpaired) electrons. The summed E-state index contributed by atoms with van der Waals surface area (Å²) in [5.41, 5.74) is 2.12. The lowest BCUT2D eigenvalue weighted by Crippen LogP contribution is -2.34. The monoisotopic (exact) mass is 483 g/mol. The van der Waals surface area contributed by atoms with Crippen molar-refractivity contribution in [3.05, 3.63) is 63.6 Å². The molecule has 1 atom stereocenters. The molecule has 0 N–H and O–H groups in total. The van der Waals surface area contributed by atoms with Crippen LogP contribution in [0.5, 0.6) is 0 Å². The maximum atomic E-state index is 12.4. The summed E-state index contributed by atoms with van der Waals surface area (Å²) in [4.78, 5) is 26.2. The van der Waals surface area contributed by atoms with Crippen LogP contribution in [0.2, 0.25) is 10.0 Å². The Morgan fingerprint density at radius 3 is 2.55 bits per heavy atom. The second-order valence-electron chi connectivity index (χ2n) is 7.52. The second-order valence-corrected chi connectivity index (χ2v) is 10.4. The number of rotatable bonds is 8. The summed E-state index contributed by atoms with van der Waals surface area (Å²) in [6.45, 7) is 2.13. The SMILES string of the molecule is Cc1ccc(CN2C(=O)CCC2CC(=O)OCCS(=O)(=O)c2ccc(Cl)cc2Cl)cc1. The van der Waals surface area contributed by atoms with Gasteiger partial charge in [-0.3, -0.25) is 9.59 Å². The first-order chi connectivity index (χ1) is 14.7. The number of carbonyl (C=O) groups is 2. The zero-order valence-corrected chi connectivity index (χ0v) is 19.3. The van der Waals surface area contributed by atoms with Crippen LogP contribution >= 0.6 is 23.2 Å². The van der Waals surface area contributed by atoms with Gasteiger partial charge < -0.3 is 9.64 Å². The Balaban J connectivity index is 1.53. The number of nitrogens with zero attached hydrogens (tertiary/aromatic N) is 1. The van der Waals surface area contributed by atoms with Gasteiger partial charge in [0.15, 0.2) is 9.84 Å². The third-order valence-corrected chi connectivity index (χ3v) is 7.56. The molecule has 1 unspecified atom stereocenters. The summed E-state index contributed by atoms with van der Waals surface area (Å²) in [5.74, 6) is -0.930. The third-order valence-electron chi connectivity index (χ3n) is 5.17. The van der Waals surface area contributed by atoms with Crippen molar-refractivity contribution in [1.29, 1.82) is 0 Å². The van der Waals surface area contributed by atoms with E-state index in [1.54, 1.807) is 4.90 Å². The maximum Gasteiger partial charge on any atom is 0.307 e. The van der Waals surface area contributed by atoms with Crippen molar-refractivity contribution in [2.24, 2.45) is 0 Å². The van der Waals surface area contributed by atoms with Crippen LogP contribution in [-0.2, 0) is 30.7 Å². The number of esters is 1. The number of aryl methyl sites for hydroxylation is 1. The van der Waals surface area contributed by atoms with Crippen molar-refractivity contribution < 1.29 is 22.7 Å². The first kappa shape index (κ1) is 23.6. The molecule has 2 aromatic carbocycles. The minimum absolute atomic E-state index is 0.00154. The number of halogens is 2. The van der Waals surface area contributed by atoms with Crippen LogP contribution in [0, 0.1) is 6.92 Å². The summed E-state index contributed by atoms with van der Waals surface area (Å²) < 4.78 is 30.0. The average Bonchev–Trinajstić information content (AvgIpc) is 3.02. The predicted octanol–water partition coefficient (Wildman–Crippen LogP) is 4.20. The van der Waals surface area contributed by atoms with Gasteiger partial charge in [0.1, 0.15) is 6.61 Å². The smallest absolute Gasteiger partial charge is 0.307 e. The van der Waals surface area contributed by atoms with Crippen molar-refractivity contribution in [2.75, 3.05) is 12.4 Å². The Hall–Kier alpha value is -2.09. The minimum Gasteiger partial charge on any atom is -0.465 e. The van der Waals surface area contributed by atoms with E-state index in [1.807, 2.05) is 31.2 Å². The molecule has 6 nitrogen and oxygen atoms in total. The van der Waals surface area contributed by atoms with E-state index in [0.717, 1.165) is 11.1 Å². The Bertz CT molecular complexity index is 1070. The van der Waals surface area contributed by atoms with Gasteiger partial charge in [-0.1, -0.05) is 53.0 Å². The van der Waals surface area contributed by atoms with Gasteiger partial charge in [0.25, 0.3) is 0 Å². The molecule has 0 aromatic heterocycles. The average molecular weight is 484 g/mol. The van der Waals surface area contributed by atoms with Crippen LogP contribution in [0.15, 0.2) is 47.4 Å². The first-order valence-corrected chi connectivity index (χ1v) is 12.2. The van der Waals surface area contributed by atoms with Crippen LogP contribution in [0.3, 0.4) is 0 Å². The molecule has 0 saturated carbocycles. The molecular weight excluding hydrogens is 461 g/mol. The van der Waals surface area contributed by atoms with Crippen LogP contribution in [0.1, 0.15) is 30.4 Å². The highest BCUT2D eigenvalue weighted by Crippen LogP contribution is 2.26. The standard InChI is InChI=1S/C22H23Cl2NO5S/c1-15-2-4-16(5-3-15)14-25-18(7-9-21(25)26)13-22(27)30-10-11-31(28,29)20-8-6-17(23)12-19(20)24/h2-6,8,12,18H,7,9-11,13-14H2,1H3. The van der Waals surface area contributed by atoms with E-state index in [9.17, 15) is 18.0 Å². The van der Waals surface area contributed by atoms with Crippen molar-refractivity contribution in [1.82, 2.24) is 4.90 Å². The van der Waals surface area contributed by atoms with Crippen molar-refractivity contribution in [2.45, 2.75) is 43.7 Å². The number of sulfone groups is 1. The van der Waals surface area contributed by atoms with Crippen molar-refractivity contribution in [3.8, 4) is 0 Å². The van der Waals surface area contributed by atoms with E-state index in [1.165, 1.54) is 18.2 Å². The summed E-state index contributed by atoms with van der Waals surface area (Å²) in [5, 5.41) is 0.353. The highest BCUT2D eigenvalue weighted by atomic mass is 35.5. The molecule has 31 heavy (non-hydrogen) atoms. The molecule has 1 fully saturated rings. The molecule has 0 spiro atoms. The number of carbonyl (C=O) groups excluding carboxylic acids is 2. The fourth-order valence-corrected chi connectivity index (χ4v) is 5.38. The molecule has 1 saturated heterocycles. The molecule has 166 valence electrons. The molecule has 0 aliphatic carbocycles. The third kappa shape index (κ3) is 6.21. The normalized spacial score (nSPS) is 16.5. The van der Waals surface area contributed by atoms with Crippen LogP contribution in [-0.4, -0.2) is 43.6 Å². The molecule has 9 heteroatoms. The molecule has 0 bridgehead atoms. The fraction of sp³-hybridized carbons (Fsp3) is 0.364. The minimum atomic E-state index is -3.73. The molecule has 2 aromatic rings. The van der Waals surface area contributed by atoms with Gasteiger partial charge in [-0.05, 0) is 37.1 Å². The summed E-state index contributed by atoms with van der Waals surface area (Å²) >= 11 is 11.8. The molecule has 3 rings (SSSR count). The first-order valence-electron chi connectivity index (χ1n) is 9.84. The Kier molecular flexibility index (Phi) is 7.62. The van der Waals surface area contributed by atoms with E-state index in [-0.39, 0.29) is 34.9 Å². The van der Waals surface area contributed by atoms with Gasteiger partial charge in [-0.25, -0.2) is 8.42 Å². The largest absolute Gasteiger partial charge is 0.465 e. The van der Waals surface area contributed by atoms with Crippen LogP contribution < -0.4 is 0 Å². The predicted molar refractivity (Wildman–Crippen MR) is 119 cm³/mol. The quantitative estimate of drug-likeness (QED) is 0.525. The number of hydrogen-bond donors (Lipinski definition) is 0. The molecular formula is C22H23Cl2NO5S. The van der Waals surface area contributed by atoms with E-state index >= 15 is 0 Å². The molecule has 1 aliphatic heterocycles. The highest BCUT2D eigenvalue weighted by Gasteiger charge is 2.33. The number of hydrogen-bond acceptors (Lipinski definition) is 5. The van der Waals surface area contributed by atoms with E-state index in [0.29, 0.717) is 24.4 Å². The van der Waals surface area contributed by atoms with Gasteiger partial charge in [0.05, 0.1) is 22.1 Å². The highest BCUT2D eigenvalue weighted by molar-refractivity contribution is 7.91. The Labute approximate surface area is 192 Å². The molecule has 1 heterocycles. The zero-order valence-electron chi connectivity index (χ0n) is 17.0. The van der Waals surface area contributed by atoms with Gasteiger partial charge in [-0.2, -0.15) is 0 Å². The number of benzene rings is 2. The lowest BCUT2D eigenvalue weighted by Gasteiger charge is -2.24.